The van der Waals surface area contributed by atoms with Crippen molar-refractivity contribution >= 4 is 45.7 Å². The molecule has 1 heterocycles. The molecule has 0 fully saturated rings. The van der Waals surface area contributed by atoms with E-state index in [0.717, 1.165) is 27.7 Å². The van der Waals surface area contributed by atoms with Crippen molar-refractivity contribution in [3.05, 3.63) is 53.1 Å². The first-order chi connectivity index (χ1) is 12.1. The molecule has 0 radical (unpaired) electrons. The normalized spacial score (nSPS) is 12.8. The third-order valence-electron chi connectivity index (χ3n) is 3.59. The highest BCUT2D eigenvalue weighted by Gasteiger charge is 2.17. The fraction of sp³-hybridized carbons (Fsp3) is 0.222. The molecule has 1 aliphatic heterocycles. The van der Waals surface area contributed by atoms with Gasteiger partial charge in [-0.15, -0.1) is 11.8 Å². The Kier molecular flexibility index (Phi) is 5.63. The Labute approximate surface area is 155 Å². The van der Waals surface area contributed by atoms with Gasteiger partial charge < -0.3 is 4.74 Å². The van der Waals surface area contributed by atoms with Crippen LogP contribution >= 0.6 is 23.4 Å². The van der Waals surface area contributed by atoms with Crippen molar-refractivity contribution in [2.75, 3.05) is 18.8 Å². The first-order valence-corrected chi connectivity index (χ1v) is 9.00. The molecular weight excluding hydrogens is 360 g/mol. The zero-order valence-electron chi connectivity index (χ0n) is 13.9. The molecule has 0 saturated heterocycles. The summed E-state index contributed by atoms with van der Waals surface area (Å²) in [7, 11) is 1.48. The second-order valence-corrected chi connectivity index (χ2v) is 6.80. The van der Waals surface area contributed by atoms with Crippen molar-refractivity contribution < 1.29 is 14.4 Å². The molecule has 0 saturated carbocycles. The summed E-state index contributed by atoms with van der Waals surface area (Å²) in [6.07, 6.45) is 0. The van der Waals surface area contributed by atoms with E-state index in [-0.39, 0.29) is 5.91 Å². The van der Waals surface area contributed by atoms with Gasteiger partial charge in [0.2, 0.25) is 5.91 Å². The fourth-order valence-corrected chi connectivity index (χ4v) is 3.51. The standard InChI is InChI=1S/C18H17ClN2O3S/c1-12(22)21(23-2)16-6-4-3-5-13(16)11-25-18-10-24-17-8-7-14(19)9-15(17)20-18/h3-9H,10-11H2,1-2H3. The van der Waals surface area contributed by atoms with Crippen LogP contribution in [0.2, 0.25) is 5.02 Å². The summed E-state index contributed by atoms with van der Waals surface area (Å²) < 4.78 is 5.72. The van der Waals surface area contributed by atoms with Gasteiger partial charge in [0.05, 0.1) is 12.8 Å². The quantitative estimate of drug-likeness (QED) is 0.731. The number of thioether (sulfide) groups is 1. The van der Waals surface area contributed by atoms with Crippen molar-refractivity contribution in [3.8, 4) is 5.75 Å². The molecule has 0 unspecified atom stereocenters. The van der Waals surface area contributed by atoms with Gasteiger partial charge in [0.1, 0.15) is 23.1 Å². The van der Waals surface area contributed by atoms with Gasteiger partial charge in [0, 0.05) is 17.7 Å². The number of hydroxylamine groups is 1. The number of halogens is 1. The third kappa shape index (κ3) is 4.15. The van der Waals surface area contributed by atoms with Crippen LogP contribution in [0.5, 0.6) is 5.75 Å². The topological polar surface area (TPSA) is 51.1 Å². The molecule has 2 aromatic rings. The maximum absolute atomic E-state index is 11.7. The molecule has 130 valence electrons. The number of benzene rings is 2. The predicted octanol–water partition coefficient (Wildman–Crippen LogP) is 4.61. The lowest BCUT2D eigenvalue weighted by Crippen LogP contribution is -2.27. The Bertz CT molecular complexity index is 826. The second-order valence-electron chi connectivity index (χ2n) is 5.32. The van der Waals surface area contributed by atoms with E-state index in [1.165, 1.54) is 19.1 Å². The Morgan fingerprint density at radius 2 is 2.16 bits per heavy atom. The molecule has 5 nitrogen and oxygen atoms in total. The molecule has 3 rings (SSSR count). The van der Waals surface area contributed by atoms with E-state index in [1.807, 2.05) is 30.3 Å². The third-order valence-corrected chi connectivity index (χ3v) is 4.82. The summed E-state index contributed by atoms with van der Waals surface area (Å²) in [4.78, 5) is 21.5. The first kappa shape index (κ1) is 17.8. The van der Waals surface area contributed by atoms with Crippen molar-refractivity contribution in [1.82, 2.24) is 0 Å². The zero-order chi connectivity index (χ0) is 17.8. The van der Waals surface area contributed by atoms with E-state index in [4.69, 9.17) is 21.2 Å². The highest BCUT2D eigenvalue weighted by atomic mass is 35.5. The summed E-state index contributed by atoms with van der Waals surface area (Å²) in [6.45, 7) is 1.88. The summed E-state index contributed by atoms with van der Waals surface area (Å²) >= 11 is 7.58. The smallest absolute Gasteiger partial charge is 0.247 e. The molecule has 0 bridgehead atoms. The molecule has 1 aliphatic rings. The average molecular weight is 377 g/mol. The lowest BCUT2D eigenvalue weighted by molar-refractivity contribution is -0.122. The summed E-state index contributed by atoms with van der Waals surface area (Å²) in [5.41, 5.74) is 2.44. The second kappa shape index (κ2) is 7.91. The van der Waals surface area contributed by atoms with E-state index in [9.17, 15) is 4.79 Å². The first-order valence-electron chi connectivity index (χ1n) is 7.64. The van der Waals surface area contributed by atoms with Crippen LogP contribution in [0.1, 0.15) is 12.5 Å². The summed E-state index contributed by atoms with van der Waals surface area (Å²) in [5, 5.41) is 2.76. The maximum atomic E-state index is 11.7. The Morgan fingerprint density at radius 1 is 1.36 bits per heavy atom. The van der Waals surface area contributed by atoms with E-state index in [1.54, 1.807) is 23.9 Å². The minimum absolute atomic E-state index is 0.179. The van der Waals surface area contributed by atoms with Crippen LogP contribution < -0.4 is 9.80 Å². The summed E-state index contributed by atoms with van der Waals surface area (Å²) in [5.74, 6) is 1.19. The molecule has 0 spiro atoms. The van der Waals surface area contributed by atoms with Gasteiger partial charge in [-0.05, 0) is 29.8 Å². The number of carbonyl (C=O) groups is 1. The van der Waals surface area contributed by atoms with Gasteiger partial charge >= 0.3 is 0 Å². The van der Waals surface area contributed by atoms with E-state index in [2.05, 4.69) is 4.99 Å². The number of hydrogen-bond donors (Lipinski definition) is 0. The van der Waals surface area contributed by atoms with E-state index < -0.39 is 0 Å². The van der Waals surface area contributed by atoms with E-state index >= 15 is 0 Å². The number of hydrogen-bond acceptors (Lipinski definition) is 5. The molecule has 0 aromatic heterocycles. The number of carbonyl (C=O) groups excluding carboxylic acids is 1. The van der Waals surface area contributed by atoms with Crippen LogP contribution in [0.15, 0.2) is 47.5 Å². The van der Waals surface area contributed by atoms with Gasteiger partial charge in [-0.1, -0.05) is 29.8 Å². The Balaban J connectivity index is 1.78. The van der Waals surface area contributed by atoms with Gasteiger partial charge in [0.15, 0.2) is 0 Å². The van der Waals surface area contributed by atoms with Crippen LogP contribution in [0.4, 0.5) is 11.4 Å². The zero-order valence-corrected chi connectivity index (χ0v) is 15.4. The highest BCUT2D eigenvalue weighted by Crippen LogP contribution is 2.35. The Morgan fingerprint density at radius 3 is 2.92 bits per heavy atom. The highest BCUT2D eigenvalue weighted by molar-refractivity contribution is 8.13. The predicted molar refractivity (Wildman–Crippen MR) is 102 cm³/mol. The van der Waals surface area contributed by atoms with Gasteiger partial charge in [-0.3, -0.25) is 9.63 Å². The number of amides is 1. The number of rotatable bonds is 4. The van der Waals surface area contributed by atoms with E-state index in [0.29, 0.717) is 17.4 Å². The lowest BCUT2D eigenvalue weighted by atomic mass is 10.2. The molecular formula is C18H17ClN2O3S. The molecule has 0 atom stereocenters. The minimum Gasteiger partial charge on any atom is -0.484 e. The van der Waals surface area contributed by atoms with Crippen LogP contribution in [-0.4, -0.2) is 24.7 Å². The number of aliphatic imine (C=N–C) groups is 1. The van der Waals surface area contributed by atoms with Crippen molar-refractivity contribution in [1.29, 1.82) is 0 Å². The van der Waals surface area contributed by atoms with Crippen molar-refractivity contribution in [2.24, 2.45) is 4.99 Å². The number of ether oxygens (including phenoxy) is 1. The minimum atomic E-state index is -0.179. The van der Waals surface area contributed by atoms with Gasteiger partial charge in [0.25, 0.3) is 0 Å². The molecule has 0 N–H and O–H groups in total. The molecule has 7 heteroatoms. The number of para-hydroxylation sites is 1. The SMILES string of the molecule is CON(C(C)=O)c1ccccc1CSC1=Nc2cc(Cl)ccc2OC1. The molecule has 0 aliphatic carbocycles. The Hall–Kier alpha value is -2.02. The van der Waals surface area contributed by atoms with Crippen LogP contribution in [-0.2, 0) is 15.4 Å². The molecule has 1 amide bonds. The average Bonchev–Trinajstić information content (AvgIpc) is 2.61. The van der Waals surface area contributed by atoms with Crippen LogP contribution in [0.3, 0.4) is 0 Å². The summed E-state index contributed by atoms with van der Waals surface area (Å²) in [6, 6.07) is 13.0. The lowest BCUT2D eigenvalue weighted by Gasteiger charge is -2.21. The van der Waals surface area contributed by atoms with Crippen LogP contribution in [0, 0.1) is 0 Å². The maximum Gasteiger partial charge on any atom is 0.247 e. The molecule has 25 heavy (non-hydrogen) atoms. The number of nitrogens with zero attached hydrogens (tertiary/aromatic N) is 2. The monoisotopic (exact) mass is 376 g/mol. The van der Waals surface area contributed by atoms with Gasteiger partial charge in [-0.25, -0.2) is 4.99 Å². The largest absolute Gasteiger partial charge is 0.484 e. The van der Waals surface area contributed by atoms with Gasteiger partial charge in [-0.2, -0.15) is 5.06 Å². The fourth-order valence-electron chi connectivity index (χ4n) is 2.47. The number of anilines is 1. The number of fused-ring (bicyclic) bond motifs is 1. The van der Waals surface area contributed by atoms with Crippen LogP contribution in [0.25, 0.3) is 0 Å². The van der Waals surface area contributed by atoms with Crippen molar-refractivity contribution in [3.63, 3.8) is 0 Å². The van der Waals surface area contributed by atoms with Crippen molar-refractivity contribution in [2.45, 2.75) is 12.7 Å². The molecule has 2 aromatic carbocycles.